The molecule has 1 aromatic carbocycles. The number of carboxylic acids is 1. The molecule has 84 valence electrons. The molecule has 0 saturated heterocycles. The van der Waals surface area contributed by atoms with Gasteiger partial charge in [-0.25, -0.2) is 4.39 Å². The van der Waals surface area contributed by atoms with Gasteiger partial charge in [0.2, 0.25) is 0 Å². The molecule has 0 atom stereocenters. The standard InChI is InChI=1S/C11H10FNO2S/c12-10-4-8(6-13)3-9(5-10)7-16-2-1-11(14)15/h3-5H,1-2,7H2,(H,14,15). The fraction of sp³-hybridized carbons (Fsp3) is 0.273. The average molecular weight is 239 g/mol. The molecule has 0 aliphatic rings. The molecule has 0 spiro atoms. The molecule has 0 unspecified atom stereocenters. The second-order valence-electron chi connectivity index (χ2n) is 3.16. The first-order chi connectivity index (χ1) is 7.61. The predicted octanol–water partition coefficient (Wildman–Crippen LogP) is 2.41. The Morgan fingerprint density at radius 3 is 2.88 bits per heavy atom. The van der Waals surface area contributed by atoms with E-state index in [9.17, 15) is 9.18 Å². The molecule has 1 rings (SSSR count). The topological polar surface area (TPSA) is 61.1 Å². The van der Waals surface area contributed by atoms with Crippen molar-refractivity contribution < 1.29 is 14.3 Å². The third-order valence-corrected chi connectivity index (χ3v) is 2.85. The van der Waals surface area contributed by atoms with Gasteiger partial charge in [0.1, 0.15) is 5.82 Å². The van der Waals surface area contributed by atoms with E-state index in [1.54, 1.807) is 6.07 Å². The average Bonchev–Trinajstić information content (AvgIpc) is 2.23. The van der Waals surface area contributed by atoms with Crippen molar-refractivity contribution in [2.24, 2.45) is 0 Å². The highest BCUT2D eigenvalue weighted by molar-refractivity contribution is 7.98. The summed E-state index contributed by atoms with van der Waals surface area (Å²) in [6.07, 6.45) is 0.0884. The first-order valence-electron chi connectivity index (χ1n) is 4.61. The maximum Gasteiger partial charge on any atom is 0.304 e. The lowest BCUT2D eigenvalue weighted by Gasteiger charge is -2.01. The first kappa shape index (κ1) is 12.5. The number of nitrogens with zero attached hydrogens (tertiary/aromatic N) is 1. The molecular weight excluding hydrogens is 229 g/mol. The third kappa shape index (κ3) is 4.32. The predicted molar refractivity (Wildman–Crippen MR) is 59.5 cm³/mol. The van der Waals surface area contributed by atoms with E-state index in [0.717, 1.165) is 0 Å². The van der Waals surface area contributed by atoms with Crippen LogP contribution in [0.5, 0.6) is 0 Å². The van der Waals surface area contributed by atoms with Gasteiger partial charge in [0.25, 0.3) is 0 Å². The number of carboxylic acid groups (broad SMARTS) is 1. The minimum absolute atomic E-state index is 0.0884. The molecule has 0 bridgehead atoms. The summed E-state index contributed by atoms with van der Waals surface area (Å²) < 4.78 is 13.0. The number of nitriles is 1. The van der Waals surface area contributed by atoms with Gasteiger partial charge in [0, 0.05) is 11.5 Å². The quantitative estimate of drug-likeness (QED) is 0.801. The Bertz CT molecular complexity index is 428. The van der Waals surface area contributed by atoms with Gasteiger partial charge < -0.3 is 5.11 Å². The minimum atomic E-state index is -0.843. The highest BCUT2D eigenvalue weighted by atomic mass is 32.2. The Balaban J connectivity index is 2.51. The number of halogens is 1. The number of hydrogen-bond donors (Lipinski definition) is 1. The zero-order chi connectivity index (χ0) is 12.0. The molecule has 0 radical (unpaired) electrons. The third-order valence-electron chi connectivity index (χ3n) is 1.82. The van der Waals surface area contributed by atoms with Crippen LogP contribution in [-0.2, 0) is 10.5 Å². The van der Waals surface area contributed by atoms with E-state index >= 15 is 0 Å². The monoisotopic (exact) mass is 239 g/mol. The lowest BCUT2D eigenvalue weighted by molar-refractivity contribution is -0.136. The van der Waals surface area contributed by atoms with E-state index in [1.807, 2.05) is 6.07 Å². The molecule has 5 heteroatoms. The highest BCUT2D eigenvalue weighted by Gasteiger charge is 2.02. The molecule has 0 saturated carbocycles. The van der Waals surface area contributed by atoms with Gasteiger partial charge in [-0.3, -0.25) is 4.79 Å². The molecule has 0 aliphatic heterocycles. The highest BCUT2D eigenvalue weighted by Crippen LogP contribution is 2.16. The Labute approximate surface area is 96.9 Å². The van der Waals surface area contributed by atoms with Gasteiger partial charge >= 0.3 is 5.97 Å². The fourth-order valence-corrected chi connectivity index (χ4v) is 2.01. The second-order valence-corrected chi connectivity index (χ2v) is 4.26. The SMILES string of the molecule is N#Cc1cc(F)cc(CSCCC(=O)O)c1. The van der Waals surface area contributed by atoms with Crippen molar-refractivity contribution in [3.8, 4) is 6.07 Å². The number of hydrogen-bond acceptors (Lipinski definition) is 3. The summed E-state index contributed by atoms with van der Waals surface area (Å²) in [5.74, 6) is -0.287. The van der Waals surface area contributed by atoms with Crippen LogP contribution in [0.4, 0.5) is 4.39 Å². The molecule has 0 heterocycles. The van der Waals surface area contributed by atoms with Crippen molar-refractivity contribution in [2.75, 3.05) is 5.75 Å². The van der Waals surface area contributed by atoms with Crippen molar-refractivity contribution >= 4 is 17.7 Å². The minimum Gasteiger partial charge on any atom is -0.481 e. The van der Waals surface area contributed by atoms with E-state index in [1.165, 1.54) is 23.9 Å². The van der Waals surface area contributed by atoms with E-state index in [-0.39, 0.29) is 12.0 Å². The first-order valence-corrected chi connectivity index (χ1v) is 5.76. The van der Waals surface area contributed by atoms with Crippen LogP contribution >= 0.6 is 11.8 Å². The molecule has 3 nitrogen and oxygen atoms in total. The van der Waals surface area contributed by atoms with Crippen molar-refractivity contribution in [2.45, 2.75) is 12.2 Å². The van der Waals surface area contributed by atoms with Gasteiger partial charge in [0.15, 0.2) is 0 Å². The molecule has 0 fully saturated rings. The van der Waals surface area contributed by atoms with Crippen LogP contribution in [0.3, 0.4) is 0 Å². The molecule has 1 aromatic rings. The van der Waals surface area contributed by atoms with Gasteiger partial charge in [-0.15, -0.1) is 0 Å². The zero-order valence-corrected chi connectivity index (χ0v) is 9.26. The number of thioether (sulfide) groups is 1. The van der Waals surface area contributed by atoms with Crippen LogP contribution in [0.25, 0.3) is 0 Å². The van der Waals surface area contributed by atoms with Crippen LogP contribution in [0.15, 0.2) is 18.2 Å². The zero-order valence-electron chi connectivity index (χ0n) is 8.44. The largest absolute Gasteiger partial charge is 0.481 e. The molecule has 0 aliphatic carbocycles. The molecule has 16 heavy (non-hydrogen) atoms. The van der Waals surface area contributed by atoms with Crippen LogP contribution in [-0.4, -0.2) is 16.8 Å². The Kier molecular flexibility index (Phi) is 4.80. The summed E-state index contributed by atoms with van der Waals surface area (Å²) in [6.45, 7) is 0. The molecule has 0 amide bonds. The number of carbonyl (C=O) groups is 1. The van der Waals surface area contributed by atoms with Crippen LogP contribution in [0.1, 0.15) is 17.5 Å². The van der Waals surface area contributed by atoms with E-state index in [0.29, 0.717) is 17.1 Å². The van der Waals surface area contributed by atoms with E-state index in [2.05, 4.69) is 0 Å². The Morgan fingerprint density at radius 1 is 1.50 bits per heavy atom. The van der Waals surface area contributed by atoms with Crippen molar-refractivity contribution in [3.05, 3.63) is 35.1 Å². The van der Waals surface area contributed by atoms with Gasteiger partial charge in [-0.05, 0) is 23.8 Å². The number of benzene rings is 1. The van der Waals surface area contributed by atoms with E-state index < -0.39 is 11.8 Å². The fourth-order valence-electron chi connectivity index (χ4n) is 1.15. The molecule has 1 N–H and O–H groups in total. The summed E-state index contributed by atoms with van der Waals surface area (Å²) in [4.78, 5) is 10.2. The smallest absolute Gasteiger partial charge is 0.304 e. The maximum atomic E-state index is 13.0. The summed E-state index contributed by atoms with van der Waals surface area (Å²) in [5.41, 5.74) is 0.987. The molecular formula is C11H10FNO2S. The summed E-state index contributed by atoms with van der Waals surface area (Å²) in [5, 5.41) is 17.1. The maximum absolute atomic E-state index is 13.0. The number of rotatable bonds is 5. The molecule has 0 aromatic heterocycles. The van der Waals surface area contributed by atoms with E-state index in [4.69, 9.17) is 10.4 Å². The number of aliphatic carboxylic acids is 1. The van der Waals surface area contributed by atoms with Crippen LogP contribution < -0.4 is 0 Å². The van der Waals surface area contributed by atoms with Crippen molar-refractivity contribution in [3.63, 3.8) is 0 Å². The van der Waals surface area contributed by atoms with Gasteiger partial charge in [-0.2, -0.15) is 17.0 Å². The normalized spacial score (nSPS) is 9.75. The lowest BCUT2D eigenvalue weighted by Crippen LogP contribution is -1.96. The summed E-state index contributed by atoms with van der Waals surface area (Å²) in [6, 6.07) is 6.01. The lowest BCUT2D eigenvalue weighted by atomic mass is 10.1. The summed E-state index contributed by atoms with van der Waals surface area (Å²) >= 11 is 1.41. The Morgan fingerprint density at radius 2 is 2.25 bits per heavy atom. The second kappa shape index (κ2) is 6.13. The van der Waals surface area contributed by atoms with Gasteiger partial charge in [0.05, 0.1) is 18.1 Å². The Hall–Kier alpha value is -1.54. The van der Waals surface area contributed by atoms with Crippen molar-refractivity contribution in [1.29, 1.82) is 5.26 Å². The van der Waals surface area contributed by atoms with Crippen LogP contribution in [0, 0.1) is 17.1 Å². The van der Waals surface area contributed by atoms with Crippen molar-refractivity contribution in [1.82, 2.24) is 0 Å². The van der Waals surface area contributed by atoms with Crippen LogP contribution in [0.2, 0.25) is 0 Å². The summed E-state index contributed by atoms with van der Waals surface area (Å²) in [7, 11) is 0. The van der Waals surface area contributed by atoms with Gasteiger partial charge in [-0.1, -0.05) is 0 Å².